The zero-order valence-electron chi connectivity index (χ0n) is 20.0. The summed E-state index contributed by atoms with van der Waals surface area (Å²) in [6, 6.07) is -0.900. The van der Waals surface area contributed by atoms with Gasteiger partial charge < -0.3 is 24.4 Å². The van der Waals surface area contributed by atoms with Crippen molar-refractivity contribution in [3.8, 4) is 0 Å². The van der Waals surface area contributed by atoms with E-state index in [4.69, 9.17) is 9.47 Å². The minimum absolute atomic E-state index is 0.0134. The Morgan fingerprint density at radius 1 is 1.41 bits per heavy atom. The lowest BCUT2D eigenvalue weighted by molar-refractivity contribution is -0.162. The smallest absolute Gasteiger partial charge is 0.312 e. The van der Waals surface area contributed by atoms with E-state index in [9.17, 15) is 19.5 Å². The van der Waals surface area contributed by atoms with Crippen LogP contribution < -0.4 is 0 Å². The summed E-state index contributed by atoms with van der Waals surface area (Å²) in [5.41, 5.74) is -1.92. The Balaban J connectivity index is 2.09. The highest BCUT2D eigenvalue weighted by molar-refractivity contribution is 5.98. The molecule has 3 aliphatic rings. The normalized spacial score (nSPS) is 35.3. The topological polar surface area (TPSA) is 96.4 Å². The zero-order valence-corrected chi connectivity index (χ0v) is 20.0. The molecule has 3 heterocycles. The molecule has 3 unspecified atom stereocenters. The second kappa shape index (κ2) is 9.14. The van der Waals surface area contributed by atoms with Crippen LogP contribution in [0.5, 0.6) is 0 Å². The SMILES string of the molecule is C=CCN(C(=O)C1N(CCCCO)C(=O)[C@@H]2[C@@H](C(=O)OCC)[C@]3(C)OC12CC3C)C(C)C. The first-order chi connectivity index (χ1) is 15.1. The molecule has 1 N–H and O–H groups in total. The number of likely N-dealkylation sites (tertiary alicyclic amines) is 1. The van der Waals surface area contributed by atoms with Gasteiger partial charge in [0.25, 0.3) is 0 Å². The van der Waals surface area contributed by atoms with E-state index in [-0.39, 0.29) is 37.0 Å². The fourth-order valence-electron chi connectivity index (χ4n) is 6.09. The summed E-state index contributed by atoms with van der Waals surface area (Å²) in [5, 5.41) is 9.24. The van der Waals surface area contributed by atoms with E-state index in [1.165, 1.54) is 0 Å². The lowest BCUT2D eigenvalue weighted by Crippen LogP contribution is -2.57. The van der Waals surface area contributed by atoms with Crippen LogP contribution in [0.2, 0.25) is 0 Å². The number of nitrogens with zero attached hydrogens (tertiary/aromatic N) is 2. The number of aliphatic hydroxyl groups excluding tert-OH is 1. The summed E-state index contributed by atoms with van der Waals surface area (Å²) in [5.74, 6) is -2.34. The van der Waals surface area contributed by atoms with E-state index in [1.807, 2.05) is 27.7 Å². The number of carbonyl (C=O) groups excluding carboxylic acids is 3. The minimum atomic E-state index is -1.06. The average Bonchev–Trinajstić information content (AvgIpc) is 3.23. The number of ether oxygens (including phenoxy) is 2. The number of aliphatic hydroxyl groups is 1. The van der Waals surface area contributed by atoms with Crippen molar-refractivity contribution in [2.24, 2.45) is 17.8 Å². The molecule has 3 saturated heterocycles. The molecular weight excluding hydrogens is 412 g/mol. The van der Waals surface area contributed by atoms with Gasteiger partial charge in [-0.1, -0.05) is 13.0 Å². The Labute approximate surface area is 190 Å². The summed E-state index contributed by atoms with van der Waals surface area (Å²) in [7, 11) is 0. The highest BCUT2D eigenvalue weighted by Gasteiger charge is 2.80. The summed E-state index contributed by atoms with van der Waals surface area (Å²) in [4.78, 5) is 44.1. The maximum absolute atomic E-state index is 13.9. The first-order valence-electron chi connectivity index (χ1n) is 11.8. The number of hydrogen-bond acceptors (Lipinski definition) is 6. The standard InChI is InChI=1S/C24H38N2O6/c1-7-11-25(15(3)4)21(29)19-24-14-16(5)23(6,32-24)18(22(30)31-8-2)17(24)20(28)26(19)12-9-10-13-27/h7,15-19,27H,1,8-14H2,2-6H3/t16?,17-,18-,19?,23+,24?/m0/s1. The zero-order chi connectivity index (χ0) is 23.8. The Hall–Kier alpha value is -1.93. The van der Waals surface area contributed by atoms with Crippen molar-refractivity contribution in [3.05, 3.63) is 12.7 Å². The molecule has 0 aromatic rings. The number of carbonyl (C=O) groups is 3. The van der Waals surface area contributed by atoms with E-state index in [2.05, 4.69) is 6.58 Å². The van der Waals surface area contributed by atoms with Gasteiger partial charge in [-0.2, -0.15) is 0 Å². The number of esters is 1. The molecular formula is C24H38N2O6. The molecule has 2 amide bonds. The predicted octanol–water partition coefficient (Wildman–Crippen LogP) is 1.76. The predicted molar refractivity (Wildman–Crippen MR) is 118 cm³/mol. The van der Waals surface area contributed by atoms with E-state index >= 15 is 0 Å². The molecule has 3 fully saturated rings. The van der Waals surface area contributed by atoms with Crippen molar-refractivity contribution in [3.63, 3.8) is 0 Å². The first kappa shape index (κ1) is 24.7. The number of amides is 2. The van der Waals surface area contributed by atoms with Gasteiger partial charge in [-0.25, -0.2) is 0 Å². The third-order valence-corrected chi connectivity index (χ3v) is 7.63. The Kier molecular flexibility index (Phi) is 7.05. The van der Waals surface area contributed by atoms with Crippen LogP contribution in [-0.4, -0.2) is 82.3 Å². The van der Waals surface area contributed by atoms with Gasteiger partial charge in [-0.15, -0.1) is 6.58 Å². The molecule has 32 heavy (non-hydrogen) atoms. The number of fused-ring (bicyclic) bond motifs is 1. The van der Waals surface area contributed by atoms with Crippen LogP contribution in [-0.2, 0) is 23.9 Å². The maximum Gasteiger partial charge on any atom is 0.312 e. The molecule has 3 rings (SSSR count). The Morgan fingerprint density at radius 2 is 2.09 bits per heavy atom. The van der Waals surface area contributed by atoms with Crippen LogP contribution in [0.1, 0.15) is 53.9 Å². The summed E-state index contributed by atoms with van der Waals surface area (Å²) in [6.45, 7) is 14.2. The third kappa shape index (κ3) is 3.55. The Morgan fingerprint density at radius 3 is 2.66 bits per heavy atom. The maximum atomic E-state index is 13.9. The van der Waals surface area contributed by atoms with E-state index < -0.39 is 35.0 Å². The van der Waals surface area contributed by atoms with Crippen molar-refractivity contribution in [2.45, 2.75) is 77.2 Å². The van der Waals surface area contributed by atoms with Gasteiger partial charge in [0.05, 0.1) is 18.1 Å². The van der Waals surface area contributed by atoms with Crippen molar-refractivity contribution in [1.82, 2.24) is 9.80 Å². The van der Waals surface area contributed by atoms with E-state index in [1.54, 1.807) is 22.8 Å². The largest absolute Gasteiger partial charge is 0.466 e. The van der Waals surface area contributed by atoms with Crippen molar-refractivity contribution in [1.29, 1.82) is 0 Å². The highest BCUT2D eigenvalue weighted by atomic mass is 16.6. The van der Waals surface area contributed by atoms with Crippen LogP contribution in [0.25, 0.3) is 0 Å². The summed E-state index contributed by atoms with van der Waals surface area (Å²) >= 11 is 0. The fourth-order valence-corrected chi connectivity index (χ4v) is 6.09. The molecule has 0 aliphatic carbocycles. The van der Waals surface area contributed by atoms with Gasteiger partial charge in [0, 0.05) is 25.7 Å². The third-order valence-electron chi connectivity index (χ3n) is 7.63. The molecule has 8 nitrogen and oxygen atoms in total. The van der Waals surface area contributed by atoms with Gasteiger partial charge in [0.2, 0.25) is 11.8 Å². The van der Waals surface area contributed by atoms with Gasteiger partial charge in [0.15, 0.2) is 0 Å². The molecule has 0 saturated carbocycles. The molecule has 1 spiro atoms. The van der Waals surface area contributed by atoms with Crippen LogP contribution in [0.4, 0.5) is 0 Å². The van der Waals surface area contributed by atoms with E-state index in [0.29, 0.717) is 32.4 Å². The van der Waals surface area contributed by atoms with Crippen LogP contribution in [0.15, 0.2) is 12.7 Å². The van der Waals surface area contributed by atoms with Crippen LogP contribution in [0, 0.1) is 17.8 Å². The van der Waals surface area contributed by atoms with Crippen LogP contribution >= 0.6 is 0 Å². The molecule has 0 aromatic carbocycles. The van der Waals surface area contributed by atoms with Crippen LogP contribution in [0.3, 0.4) is 0 Å². The fraction of sp³-hybridized carbons (Fsp3) is 0.792. The summed E-state index contributed by atoms with van der Waals surface area (Å²) in [6.07, 6.45) is 3.30. The first-order valence-corrected chi connectivity index (χ1v) is 11.8. The molecule has 2 bridgehead atoms. The van der Waals surface area contributed by atoms with Gasteiger partial charge in [-0.05, 0) is 52.9 Å². The molecule has 180 valence electrons. The summed E-state index contributed by atoms with van der Waals surface area (Å²) < 4.78 is 12.0. The lowest BCUT2D eigenvalue weighted by atomic mass is 9.62. The second-order valence-corrected chi connectivity index (χ2v) is 9.79. The minimum Gasteiger partial charge on any atom is -0.466 e. The highest BCUT2D eigenvalue weighted by Crippen LogP contribution is 2.65. The van der Waals surface area contributed by atoms with Gasteiger partial charge in [-0.3, -0.25) is 14.4 Å². The number of rotatable bonds is 10. The molecule has 3 aliphatic heterocycles. The number of unbranched alkanes of at least 4 members (excludes halogenated alkanes) is 1. The molecule has 6 atom stereocenters. The molecule has 0 aromatic heterocycles. The van der Waals surface area contributed by atoms with Gasteiger partial charge >= 0.3 is 5.97 Å². The van der Waals surface area contributed by atoms with E-state index in [0.717, 1.165) is 0 Å². The molecule has 8 heteroatoms. The van der Waals surface area contributed by atoms with Crippen molar-refractivity contribution < 1.29 is 29.0 Å². The number of hydrogen-bond donors (Lipinski definition) is 1. The van der Waals surface area contributed by atoms with Crippen molar-refractivity contribution >= 4 is 17.8 Å². The average molecular weight is 451 g/mol. The molecule has 0 radical (unpaired) electrons. The monoisotopic (exact) mass is 450 g/mol. The quantitative estimate of drug-likeness (QED) is 0.310. The Bertz CT molecular complexity index is 770. The van der Waals surface area contributed by atoms with Crippen molar-refractivity contribution in [2.75, 3.05) is 26.3 Å². The second-order valence-electron chi connectivity index (χ2n) is 9.79. The van der Waals surface area contributed by atoms with Gasteiger partial charge in [0.1, 0.15) is 17.6 Å². The lowest BCUT2D eigenvalue weighted by Gasteiger charge is -2.38.